The molecule has 1 N–H and O–H groups in total. The first-order valence-corrected chi connectivity index (χ1v) is 3.55. The van der Waals surface area contributed by atoms with E-state index < -0.39 is 0 Å². The summed E-state index contributed by atoms with van der Waals surface area (Å²) in [4.78, 5) is 3.15. The number of aromatic nitrogens is 3. The van der Waals surface area contributed by atoms with Crippen LogP contribution in [-0.2, 0) is 0 Å². The number of nitrogens with one attached hydrogen (secondary N) is 1. The molecule has 2 heterocycles. The van der Waals surface area contributed by atoms with Crippen LogP contribution in [0.25, 0.3) is 11.0 Å². The van der Waals surface area contributed by atoms with Crippen molar-refractivity contribution in [2.45, 2.75) is 13.8 Å². The molecule has 0 bridgehead atoms. The fourth-order valence-electron chi connectivity index (χ4n) is 1.18. The van der Waals surface area contributed by atoms with Crippen molar-refractivity contribution in [2.24, 2.45) is 0 Å². The molecule has 0 aliphatic heterocycles. The molecule has 3 heteroatoms. The molecule has 11 heavy (non-hydrogen) atoms. The summed E-state index contributed by atoms with van der Waals surface area (Å²) in [5.74, 6) is 0. The van der Waals surface area contributed by atoms with Gasteiger partial charge in [0, 0.05) is 6.20 Å². The highest BCUT2D eigenvalue weighted by Crippen LogP contribution is 2.15. The summed E-state index contributed by atoms with van der Waals surface area (Å²) in [6.45, 7) is 4.04. The van der Waals surface area contributed by atoms with Gasteiger partial charge in [0.2, 0.25) is 0 Å². The second-order valence-corrected chi connectivity index (χ2v) is 2.72. The molecular weight excluding hydrogens is 138 g/mol. The second kappa shape index (κ2) is 2.05. The van der Waals surface area contributed by atoms with Crippen LogP contribution in [0.4, 0.5) is 0 Å². The van der Waals surface area contributed by atoms with E-state index in [-0.39, 0.29) is 0 Å². The lowest BCUT2D eigenvalue weighted by Crippen LogP contribution is -1.84. The zero-order valence-electron chi connectivity index (χ0n) is 6.55. The molecule has 0 aliphatic carbocycles. The van der Waals surface area contributed by atoms with Crippen molar-refractivity contribution in [2.75, 3.05) is 0 Å². The van der Waals surface area contributed by atoms with E-state index in [0.717, 1.165) is 22.2 Å². The van der Waals surface area contributed by atoms with E-state index in [1.165, 1.54) is 0 Å². The topological polar surface area (TPSA) is 41.6 Å². The summed E-state index contributed by atoms with van der Waals surface area (Å²) < 4.78 is 0. The summed E-state index contributed by atoms with van der Waals surface area (Å²) in [6, 6.07) is 0. The minimum Gasteiger partial charge on any atom is -0.359 e. The van der Waals surface area contributed by atoms with Gasteiger partial charge in [-0.2, -0.15) is 5.10 Å². The molecule has 2 rings (SSSR count). The molecule has 56 valence electrons. The Morgan fingerprint density at radius 1 is 1.27 bits per heavy atom. The Morgan fingerprint density at radius 3 is 2.82 bits per heavy atom. The molecule has 0 aliphatic rings. The Labute approximate surface area is 64.5 Å². The highest BCUT2D eigenvalue weighted by atomic mass is 15.1. The molecule has 2 aromatic heterocycles. The van der Waals surface area contributed by atoms with Gasteiger partial charge in [0.1, 0.15) is 5.52 Å². The lowest BCUT2D eigenvalue weighted by molar-refractivity contribution is 1.06. The molecule has 0 atom stereocenters. The third-order valence-corrected chi connectivity index (χ3v) is 1.85. The predicted octanol–water partition coefficient (Wildman–Crippen LogP) is 1.57. The molecule has 2 aromatic rings. The largest absolute Gasteiger partial charge is 0.359 e. The highest BCUT2D eigenvalue weighted by molar-refractivity contribution is 5.80. The Hall–Kier alpha value is -1.38. The summed E-state index contributed by atoms with van der Waals surface area (Å²) in [6.07, 6.45) is 3.71. The summed E-state index contributed by atoms with van der Waals surface area (Å²) >= 11 is 0. The van der Waals surface area contributed by atoms with Crippen molar-refractivity contribution in [1.82, 2.24) is 15.2 Å². The van der Waals surface area contributed by atoms with Gasteiger partial charge in [-0.15, -0.1) is 5.10 Å². The monoisotopic (exact) mass is 147 g/mol. The minimum atomic E-state index is 0.977. The lowest BCUT2D eigenvalue weighted by Gasteiger charge is -1.91. The van der Waals surface area contributed by atoms with Crippen molar-refractivity contribution >= 4 is 11.0 Å². The molecule has 3 nitrogen and oxygen atoms in total. The molecule has 0 spiro atoms. The number of hydrogen-bond acceptors (Lipinski definition) is 2. The molecule has 0 unspecified atom stereocenters. The van der Waals surface area contributed by atoms with Crippen molar-refractivity contribution in [1.29, 1.82) is 0 Å². The van der Waals surface area contributed by atoms with Gasteiger partial charge in [-0.25, -0.2) is 0 Å². The van der Waals surface area contributed by atoms with Gasteiger partial charge in [0.15, 0.2) is 0 Å². The van der Waals surface area contributed by atoms with Crippen molar-refractivity contribution in [3.8, 4) is 0 Å². The zero-order valence-corrected chi connectivity index (χ0v) is 6.55. The normalized spacial score (nSPS) is 10.7. The first-order chi connectivity index (χ1) is 5.29. The summed E-state index contributed by atoms with van der Waals surface area (Å²) in [5.41, 5.74) is 4.36. The molecule has 0 fully saturated rings. The van der Waals surface area contributed by atoms with E-state index in [9.17, 15) is 0 Å². The number of aryl methyl sites for hydroxylation is 2. The van der Waals surface area contributed by atoms with Crippen LogP contribution < -0.4 is 0 Å². The van der Waals surface area contributed by atoms with Gasteiger partial charge >= 0.3 is 0 Å². The van der Waals surface area contributed by atoms with Crippen LogP contribution in [0.15, 0.2) is 12.4 Å². The smallest absolute Gasteiger partial charge is 0.114 e. The fourth-order valence-corrected chi connectivity index (χ4v) is 1.18. The predicted molar refractivity (Wildman–Crippen MR) is 43.4 cm³/mol. The maximum atomic E-state index is 4.02. The van der Waals surface area contributed by atoms with E-state index in [4.69, 9.17) is 0 Å². The van der Waals surface area contributed by atoms with Crippen LogP contribution in [-0.4, -0.2) is 15.2 Å². The molecule has 0 aromatic carbocycles. The SMILES string of the molecule is Cc1c[nH]c2c(C)cnnc12. The Morgan fingerprint density at radius 2 is 2.09 bits per heavy atom. The standard InChI is InChI=1S/C8H9N3/c1-5-3-9-7-6(2)4-10-11-8(5)7/h3-4,9H,1-2H3. The van der Waals surface area contributed by atoms with Gasteiger partial charge in [0.25, 0.3) is 0 Å². The highest BCUT2D eigenvalue weighted by Gasteiger charge is 2.02. The minimum absolute atomic E-state index is 0.977. The van der Waals surface area contributed by atoms with E-state index >= 15 is 0 Å². The van der Waals surface area contributed by atoms with E-state index in [1.807, 2.05) is 20.0 Å². The quantitative estimate of drug-likeness (QED) is 0.614. The molecular formula is C8H9N3. The van der Waals surface area contributed by atoms with E-state index in [1.54, 1.807) is 6.20 Å². The maximum Gasteiger partial charge on any atom is 0.114 e. The molecule has 0 saturated carbocycles. The van der Waals surface area contributed by atoms with Crippen LogP contribution >= 0.6 is 0 Å². The van der Waals surface area contributed by atoms with Crippen LogP contribution in [0.5, 0.6) is 0 Å². The summed E-state index contributed by atoms with van der Waals surface area (Å²) in [7, 11) is 0. The third-order valence-electron chi connectivity index (χ3n) is 1.85. The lowest BCUT2D eigenvalue weighted by atomic mass is 10.2. The van der Waals surface area contributed by atoms with Gasteiger partial charge < -0.3 is 4.98 Å². The van der Waals surface area contributed by atoms with Crippen LogP contribution in [0.3, 0.4) is 0 Å². The molecule has 0 amide bonds. The van der Waals surface area contributed by atoms with Crippen LogP contribution in [0.1, 0.15) is 11.1 Å². The van der Waals surface area contributed by atoms with Crippen LogP contribution in [0.2, 0.25) is 0 Å². The zero-order chi connectivity index (χ0) is 7.84. The van der Waals surface area contributed by atoms with E-state index in [2.05, 4.69) is 15.2 Å². The molecule has 0 saturated heterocycles. The average molecular weight is 147 g/mol. The number of H-pyrrole nitrogens is 1. The van der Waals surface area contributed by atoms with Gasteiger partial charge in [-0.3, -0.25) is 0 Å². The Bertz CT molecular complexity index is 389. The number of nitrogens with zero attached hydrogens (tertiary/aromatic N) is 2. The Kier molecular flexibility index (Phi) is 1.18. The average Bonchev–Trinajstić information content (AvgIpc) is 2.35. The van der Waals surface area contributed by atoms with Gasteiger partial charge in [-0.1, -0.05) is 0 Å². The third kappa shape index (κ3) is 0.808. The maximum absolute atomic E-state index is 4.02. The van der Waals surface area contributed by atoms with Crippen molar-refractivity contribution in [3.05, 3.63) is 23.5 Å². The molecule has 0 radical (unpaired) electrons. The van der Waals surface area contributed by atoms with Gasteiger partial charge in [0.05, 0.1) is 11.7 Å². The number of rotatable bonds is 0. The van der Waals surface area contributed by atoms with Crippen molar-refractivity contribution in [3.63, 3.8) is 0 Å². The van der Waals surface area contributed by atoms with Crippen LogP contribution in [0, 0.1) is 13.8 Å². The number of fused-ring (bicyclic) bond motifs is 1. The van der Waals surface area contributed by atoms with Crippen molar-refractivity contribution < 1.29 is 0 Å². The number of aromatic amines is 1. The van der Waals surface area contributed by atoms with Gasteiger partial charge in [-0.05, 0) is 25.0 Å². The van der Waals surface area contributed by atoms with E-state index in [0.29, 0.717) is 0 Å². The Balaban J connectivity index is 2.94. The number of hydrogen-bond donors (Lipinski definition) is 1. The summed E-state index contributed by atoms with van der Waals surface area (Å²) in [5, 5.41) is 7.90. The second-order valence-electron chi connectivity index (χ2n) is 2.72. The fraction of sp³-hybridized carbons (Fsp3) is 0.250. The first-order valence-electron chi connectivity index (χ1n) is 3.55. The first kappa shape index (κ1) is 6.34.